The molecule has 3 rings (SSSR count). The number of hydrogen-bond acceptors (Lipinski definition) is 4. The third-order valence-corrected chi connectivity index (χ3v) is 3.68. The first kappa shape index (κ1) is 16.0. The summed E-state index contributed by atoms with van der Waals surface area (Å²) in [6, 6.07) is 14.4. The average Bonchev–Trinajstić information content (AvgIpc) is 3.02. The number of nitrogens with one attached hydrogen (secondary N) is 1. The van der Waals surface area contributed by atoms with Gasteiger partial charge in [-0.2, -0.15) is 0 Å². The number of methoxy groups -OCH3 is 1. The van der Waals surface area contributed by atoms with E-state index in [2.05, 4.69) is 5.32 Å². The number of amides is 2. The summed E-state index contributed by atoms with van der Waals surface area (Å²) >= 11 is 0. The summed E-state index contributed by atoms with van der Waals surface area (Å²) < 4.78 is 10.0. The summed E-state index contributed by atoms with van der Waals surface area (Å²) in [5, 5.41) is 2.86. The quantitative estimate of drug-likeness (QED) is 0.917. The Bertz CT molecular complexity index is 760. The molecule has 1 heterocycles. The molecule has 24 heavy (non-hydrogen) atoms. The van der Waals surface area contributed by atoms with Crippen molar-refractivity contribution in [2.75, 3.05) is 30.5 Å². The van der Waals surface area contributed by atoms with E-state index in [1.165, 1.54) is 4.90 Å². The molecule has 6 nitrogen and oxygen atoms in total. The first-order valence-electron chi connectivity index (χ1n) is 7.61. The van der Waals surface area contributed by atoms with Crippen LogP contribution in [0.1, 0.15) is 15.9 Å². The van der Waals surface area contributed by atoms with Gasteiger partial charge in [0, 0.05) is 24.0 Å². The van der Waals surface area contributed by atoms with Gasteiger partial charge in [0.15, 0.2) is 0 Å². The second-order valence-electron chi connectivity index (χ2n) is 5.40. The molecule has 2 aromatic rings. The van der Waals surface area contributed by atoms with Crippen molar-refractivity contribution in [1.29, 1.82) is 0 Å². The summed E-state index contributed by atoms with van der Waals surface area (Å²) in [4.78, 5) is 25.6. The molecular formula is C18H18N2O4. The molecule has 0 spiro atoms. The van der Waals surface area contributed by atoms with E-state index in [9.17, 15) is 9.59 Å². The van der Waals surface area contributed by atoms with Gasteiger partial charge in [-0.15, -0.1) is 0 Å². The van der Waals surface area contributed by atoms with Gasteiger partial charge in [0.1, 0.15) is 6.61 Å². The molecule has 0 atom stereocenters. The third-order valence-electron chi connectivity index (χ3n) is 3.68. The Morgan fingerprint density at radius 2 is 2.08 bits per heavy atom. The van der Waals surface area contributed by atoms with Crippen molar-refractivity contribution in [3.05, 3.63) is 59.7 Å². The maximum atomic E-state index is 12.5. The monoisotopic (exact) mass is 326 g/mol. The summed E-state index contributed by atoms with van der Waals surface area (Å²) in [7, 11) is 1.63. The van der Waals surface area contributed by atoms with Crippen molar-refractivity contribution in [3.8, 4) is 0 Å². The first-order valence-corrected chi connectivity index (χ1v) is 7.61. The van der Waals surface area contributed by atoms with Gasteiger partial charge in [0.25, 0.3) is 5.91 Å². The lowest BCUT2D eigenvalue weighted by atomic mass is 10.1. The van der Waals surface area contributed by atoms with Crippen LogP contribution in [0.5, 0.6) is 0 Å². The van der Waals surface area contributed by atoms with Gasteiger partial charge in [0.05, 0.1) is 13.2 Å². The Balaban J connectivity index is 1.75. The third kappa shape index (κ3) is 3.55. The van der Waals surface area contributed by atoms with Crippen molar-refractivity contribution in [3.63, 3.8) is 0 Å². The number of rotatable bonds is 5. The number of ether oxygens (including phenoxy) is 2. The van der Waals surface area contributed by atoms with Crippen molar-refractivity contribution in [1.82, 2.24) is 0 Å². The van der Waals surface area contributed by atoms with Crippen LogP contribution in [0, 0.1) is 0 Å². The van der Waals surface area contributed by atoms with E-state index in [0.29, 0.717) is 36.7 Å². The van der Waals surface area contributed by atoms with Crippen LogP contribution in [-0.2, 0) is 16.1 Å². The van der Waals surface area contributed by atoms with Crippen molar-refractivity contribution < 1.29 is 19.1 Å². The van der Waals surface area contributed by atoms with Crippen LogP contribution in [0.15, 0.2) is 48.5 Å². The highest BCUT2D eigenvalue weighted by Crippen LogP contribution is 2.21. The number of benzene rings is 2. The minimum absolute atomic E-state index is 0.237. The summed E-state index contributed by atoms with van der Waals surface area (Å²) in [6.45, 7) is 1.33. The molecule has 1 aliphatic rings. The molecule has 0 unspecified atom stereocenters. The van der Waals surface area contributed by atoms with E-state index >= 15 is 0 Å². The van der Waals surface area contributed by atoms with Crippen LogP contribution in [0.25, 0.3) is 0 Å². The van der Waals surface area contributed by atoms with E-state index in [1.54, 1.807) is 31.4 Å². The minimum atomic E-state index is -0.389. The largest absolute Gasteiger partial charge is 0.447 e. The highest BCUT2D eigenvalue weighted by molar-refractivity contribution is 6.05. The van der Waals surface area contributed by atoms with Gasteiger partial charge in [-0.25, -0.2) is 4.79 Å². The molecule has 0 radical (unpaired) electrons. The fraction of sp³-hybridized carbons (Fsp3) is 0.222. The number of anilines is 2. The van der Waals surface area contributed by atoms with Gasteiger partial charge in [-0.05, 0) is 35.9 Å². The van der Waals surface area contributed by atoms with Gasteiger partial charge >= 0.3 is 6.09 Å². The Morgan fingerprint density at radius 3 is 2.83 bits per heavy atom. The zero-order valence-corrected chi connectivity index (χ0v) is 13.3. The topological polar surface area (TPSA) is 67.9 Å². The minimum Gasteiger partial charge on any atom is -0.447 e. The summed E-state index contributed by atoms with van der Waals surface area (Å²) in [5.41, 5.74) is 2.80. The van der Waals surface area contributed by atoms with E-state index in [-0.39, 0.29) is 12.0 Å². The lowest BCUT2D eigenvalue weighted by Gasteiger charge is -2.14. The second-order valence-corrected chi connectivity index (χ2v) is 5.40. The summed E-state index contributed by atoms with van der Waals surface area (Å²) in [5.74, 6) is -0.237. The number of carbonyl (C=O) groups excluding carboxylic acids is 2. The maximum Gasteiger partial charge on any atom is 0.414 e. The van der Waals surface area contributed by atoms with Gasteiger partial charge in [-0.1, -0.05) is 18.2 Å². The molecule has 1 N–H and O–H groups in total. The van der Waals surface area contributed by atoms with Gasteiger partial charge in [-0.3, -0.25) is 9.69 Å². The van der Waals surface area contributed by atoms with Crippen molar-refractivity contribution in [2.45, 2.75) is 6.61 Å². The molecule has 1 aliphatic heterocycles. The molecule has 2 amide bonds. The van der Waals surface area contributed by atoms with Crippen LogP contribution in [0.3, 0.4) is 0 Å². The Hall–Kier alpha value is -2.86. The van der Waals surface area contributed by atoms with Crippen LogP contribution in [-0.4, -0.2) is 32.3 Å². The Morgan fingerprint density at radius 1 is 1.25 bits per heavy atom. The van der Waals surface area contributed by atoms with Crippen LogP contribution in [0.4, 0.5) is 16.2 Å². The van der Waals surface area contributed by atoms with Crippen LogP contribution in [0.2, 0.25) is 0 Å². The predicted molar refractivity (Wildman–Crippen MR) is 90.2 cm³/mol. The molecule has 2 aromatic carbocycles. The van der Waals surface area contributed by atoms with E-state index < -0.39 is 0 Å². The van der Waals surface area contributed by atoms with E-state index in [1.807, 2.05) is 24.3 Å². The normalized spacial score (nSPS) is 13.7. The Kier molecular flexibility index (Phi) is 4.77. The lowest BCUT2D eigenvalue weighted by molar-refractivity contribution is 0.102. The smallest absolute Gasteiger partial charge is 0.414 e. The molecule has 1 fully saturated rings. The number of hydrogen-bond donors (Lipinski definition) is 1. The van der Waals surface area contributed by atoms with Crippen molar-refractivity contribution in [2.24, 2.45) is 0 Å². The highest BCUT2D eigenvalue weighted by Gasteiger charge is 2.24. The summed E-state index contributed by atoms with van der Waals surface area (Å²) in [6.07, 6.45) is -0.389. The molecule has 0 bridgehead atoms. The zero-order valence-electron chi connectivity index (χ0n) is 13.3. The van der Waals surface area contributed by atoms with Gasteiger partial charge < -0.3 is 14.8 Å². The number of nitrogens with zero attached hydrogens (tertiary/aromatic N) is 1. The predicted octanol–water partition coefficient (Wildman–Crippen LogP) is 3.04. The fourth-order valence-electron chi connectivity index (χ4n) is 2.55. The van der Waals surface area contributed by atoms with Gasteiger partial charge in [0.2, 0.25) is 0 Å². The number of cyclic esters (lactones) is 1. The molecular weight excluding hydrogens is 308 g/mol. The average molecular weight is 326 g/mol. The van der Waals surface area contributed by atoms with E-state index in [0.717, 1.165) is 5.56 Å². The maximum absolute atomic E-state index is 12.5. The second kappa shape index (κ2) is 7.14. The highest BCUT2D eigenvalue weighted by atomic mass is 16.6. The lowest BCUT2D eigenvalue weighted by Crippen LogP contribution is -2.23. The molecule has 0 aliphatic carbocycles. The van der Waals surface area contributed by atoms with Crippen LogP contribution >= 0.6 is 0 Å². The molecule has 0 saturated carbocycles. The first-order chi connectivity index (χ1) is 11.7. The standard InChI is InChI=1S/C18H18N2O4/c1-23-12-13-4-2-6-15(10-13)19-17(21)14-5-3-7-16(11-14)20-8-9-24-18(20)22/h2-7,10-11H,8-9,12H2,1H3,(H,19,21). The molecule has 1 saturated heterocycles. The van der Waals surface area contributed by atoms with Crippen LogP contribution < -0.4 is 10.2 Å². The van der Waals surface area contributed by atoms with Crippen molar-refractivity contribution >= 4 is 23.4 Å². The zero-order chi connectivity index (χ0) is 16.9. The van der Waals surface area contributed by atoms with E-state index in [4.69, 9.17) is 9.47 Å². The molecule has 124 valence electrons. The fourth-order valence-corrected chi connectivity index (χ4v) is 2.55. The molecule has 0 aromatic heterocycles. The Labute approximate surface area is 140 Å². The number of carbonyl (C=O) groups is 2. The molecule has 6 heteroatoms. The SMILES string of the molecule is COCc1cccc(NC(=O)c2cccc(N3CCOC3=O)c2)c1.